The first-order valence-electron chi connectivity index (χ1n) is 9.21. The number of benzene rings is 2. The second-order valence-corrected chi connectivity index (χ2v) is 6.59. The normalized spacial score (nSPS) is 10.4. The van der Waals surface area contributed by atoms with E-state index in [1.165, 1.54) is 12.3 Å². The highest BCUT2D eigenvalue weighted by Gasteiger charge is 2.18. The molecule has 28 heavy (non-hydrogen) atoms. The molecule has 0 aliphatic heterocycles. The topological polar surface area (TPSA) is 62.3 Å². The van der Waals surface area contributed by atoms with Crippen molar-refractivity contribution in [2.24, 2.45) is 0 Å². The zero-order valence-corrected chi connectivity index (χ0v) is 16.3. The van der Waals surface area contributed by atoms with Crippen molar-refractivity contribution >= 4 is 23.2 Å². The first-order chi connectivity index (χ1) is 13.5. The number of anilines is 2. The molecule has 142 valence electrons. The first-order valence-corrected chi connectivity index (χ1v) is 9.21. The number of rotatable bonds is 5. The zero-order valence-electron chi connectivity index (χ0n) is 16.3. The van der Waals surface area contributed by atoms with E-state index in [0.717, 1.165) is 22.5 Å². The molecule has 0 saturated heterocycles. The minimum absolute atomic E-state index is 0.170. The number of hydrogen-bond acceptors (Lipinski definition) is 3. The quantitative estimate of drug-likeness (QED) is 0.710. The summed E-state index contributed by atoms with van der Waals surface area (Å²) in [6.07, 6.45) is 1.49. The number of aromatic nitrogens is 1. The fourth-order valence-corrected chi connectivity index (χ4v) is 3.04. The maximum atomic E-state index is 13.0. The zero-order chi connectivity index (χ0) is 20.1. The summed E-state index contributed by atoms with van der Waals surface area (Å²) < 4.78 is 0. The largest absolute Gasteiger partial charge is 0.320 e. The molecule has 0 aliphatic rings. The van der Waals surface area contributed by atoms with Crippen LogP contribution in [0.3, 0.4) is 0 Å². The lowest BCUT2D eigenvalue weighted by atomic mass is 10.1. The van der Waals surface area contributed by atoms with E-state index in [2.05, 4.69) is 10.3 Å². The molecule has 3 aromatic rings. The van der Waals surface area contributed by atoms with Crippen molar-refractivity contribution in [2.45, 2.75) is 20.8 Å². The van der Waals surface area contributed by atoms with E-state index in [-0.39, 0.29) is 17.5 Å². The van der Waals surface area contributed by atoms with Gasteiger partial charge in [-0.15, -0.1) is 0 Å². The molecule has 0 unspecified atom stereocenters. The van der Waals surface area contributed by atoms with Crippen LogP contribution in [-0.2, 0) is 0 Å². The highest BCUT2D eigenvalue weighted by Crippen LogP contribution is 2.19. The van der Waals surface area contributed by atoms with Gasteiger partial charge in [-0.1, -0.05) is 35.9 Å². The van der Waals surface area contributed by atoms with Gasteiger partial charge in [0.2, 0.25) is 0 Å². The lowest BCUT2D eigenvalue weighted by molar-refractivity contribution is 0.0988. The number of amides is 2. The van der Waals surface area contributed by atoms with Gasteiger partial charge in [0.15, 0.2) is 0 Å². The number of nitrogens with one attached hydrogen (secondary N) is 1. The third-order valence-electron chi connectivity index (χ3n) is 4.50. The first kappa shape index (κ1) is 19.3. The number of nitrogens with zero attached hydrogens (tertiary/aromatic N) is 2. The monoisotopic (exact) mass is 373 g/mol. The van der Waals surface area contributed by atoms with Crippen molar-refractivity contribution < 1.29 is 9.59 Å². The summed E-state index contributed by atoms with van der Waals surface area (Å²) in [5.41, 5.74) is 4.27. The Hall–Kier alpha value is -3.47. The highest BCUT2D eigenvalue weighted by molar-refractivity contribution is 6.09. The molecule has 5 nitrogen and oxygen atoms in total. The maximum Gasteiger partial charge on any atom is 0.274 e. The fraction of sp³-hybridized carbons (Fsp3) is 0.174. The molecule has 0 atom stereocenters. The second-order valence-electron chi connectivity index (χ2n) is 6.59. The summed E-state index contributed by atoms with van der Waals surface area (Å²) in [6.45, 7) is 6.38. The van der Waals surface area contributed by atoms with Crippen LogP contribution < -0.4 is 10.2 Å². The highest BCUT2D eigenvalue weighted by atomic mass is 16.2. The molecule has 5 heteroatoms. The Labute approximate surface area is 165 Å². The predicted octanol–water partition coefficient (Wildman–Crippen LogP) is 4.62. The van der Waals surface area contributed by atoms with Crippen LogP contribution in [0.4, 0.5) is 11.4 Å². The SMILES string of the molecule is CCN(C(=O)c1ccnc(C(=O)Nc2ccc(C)cc2C)c1)c1ccccc1. The van der Waals surface area contributed by atoms with Crippen LogP contribution >= 0.6 is 0 Å². The van der Waals surface area contributed by atoms with E-state index >= 15 is 0 Å². The van der Waals surface area contributed by atoms with E-state index in [0.29, 0.717) is 12.1 Å². The number of aryl methyl sites for hydroxylation is 2. The van der Waals surface area contributed by atoms with Gasteiger partial charge >= 0.3 is 0 Å². The molecular formula is C23H23N3O2. The number of para-hydroxylation sites is 1. The molecule has 0 radical (unpaired) electrons. The van der Waals surface area contributed by atoms with Gasteiger partial charge in [0.25, 0.3) is 11.8 Å². The Morgan fingerprint density at radius 3 is 2.43 bits per heavy atom. The average molecular weight is 373 g/mol. The third kappa shape index (κ3) is 4.26. The van der Waals surface area contributed by atoms with Crippen molar-refractivity contribution in [1.82, 2.24) is 4.98 Å². The Kier molecular flexibility index (Phi) is 5.84. The maximum absolute atomic E-state index is 13.0. The molecule has 0 spiro atoms. The van der Waals surface area contributed by atoms with Crippen molar-refractivity contribution in [3.63, 3.8) is 0 Å². The molecule has 0 aliphatic carbocycles. The lowest BCUT2D eigenvalue weighted by Gasteiger charge is -2.21. The van der Waals surface area contributed by atoms with Gasteiger partial charge in [-0.25, -0.2) is 0 Å². The van der Waals surface area contributed by atoms with Crippen LogP contribution in [0.5, 0.6) is 0 Å². The number of carbonyl (C=O) groups excluding carboxylic acids is 2. The fourth-order valence-electron chi connectivity index (χ4n) is 3.04. The van der Waals surface area contributed by atoms with E-state index in [9.17, 15) is 9.59 Å². The minimum atomic E-state index is -0.343. The van der Waals surface area contributed by atoms with Crippen LogP contribution in [0.1, 0.15) is 38.9 Å². The smallest absolute Gasteiger partial charge is 0.274 e. The van der Waals surface area contributed by atoms with E-state index in [1.54, 1.807) is 11.0 Å². The van der Waals surface area contributed by atoms with Crippen LogP contribution in [-0.4, -0.2) is 23.3 Å². The molecule has 2 amide bonds. The van der Waals surface area contributed by atoms with Gasteiger partial charge in [-0.2, -0.15) is 0 Å². The van der Waals surface area contributed by atoms with Crippen LogP contribution in [0.25, 0.3) is 0 Å². The van der Waals surface area contributed by atoms with Gasteiger partial charge in [-0.3, -0.25) is 14.6 Å². The predicted molar refractivity (Wildman–Crippen MR) is 112 cm³/mol. The summed E-state index contributed by atoms with van der Waals surface area (Å²) in [5, 5.41) is 2.87. The molecule has 2 aromatic carbocycles. The number of hydrogen-bond donors (Lipinski definition) is 1. The molecule has 3 rings (SSSR count). The second kappa shape index (κ2) is 8.48. The Morgan fingerprint density at radius 2 is 1.75 bits per heavy atom. The molecule has 1 N–H and O–H groups in total. The Morgan fingerprint density at radius 1 is 1.00 bits per heavy atom. The van der Waals surface area contributed by atoms with Crippen molar-refractivity contribution in [1.29, 1.82) is 0 Å². The molecule has 0 bridgehead atoms. The van der Waals surface area contributed by atoms with E-state index in [1.807, 2.05) is 69.3 Å². The summed E-state index contributed by atoms with van der Waals surface area (Å²) in [4.78, 5) is 31.4. The molecule has 0 saturated carbocycles. The molecule has 1 aromatic heterocycles. The average Bonchev–Trinajstić information content (AvgIpc) is 2.71. The third-order valence-corrected chi connectivity index (χ3v) is 4.50. The van der Waals surface area contributed by atoms with E-state index in [4.69, 9.17) is 0 Å². The Bertz CT molecular complexity index is 1000. The molecule has 0 fully saturated rings. The van der Waals surface area contributed by atoms with Crippen molar-refractivity contribution in [3.05, 3.63) is 89.2 Å². The minimum Gasteiger partial charge on any atom is -0.320 e. The summed E-state index contributed by atoms with van der Waals surface area (Å²) in [6, 6.07) is 18.4. The molecule has 1 heterocycles. The van der Waals surface area contributed by atoms with Crippen LogP contribution in [0, 0.1) is 13.8 Å². The van der Waals surface area contributed by atoms with Gasteiger partial charge in [0.1, 0.15) is 5.69 Å². The number of carbonyl (C=O) groups is 2. The van der Waals surface area contributed by atoms with Crippen molar-refractivity contribution in [2.75, 3.05) is 16.8 Å². The lowest BCUT2D eigenvalue weighted by Crippen LogP contribution is -2.31. The number of pyridine rings is 1. The van der Waals surface area contributed by atoms with Crippen molar-refractivity contribution in [3.8, 4) is 0 Å². The Balaban J connectivity index is 1.83. The summed E-state index contributed by atoms with van der Waals surface area (Å²) in [7, 11) is 0. The van der Waals surface area contributed by atoms with Gasteiger partial charge in [0.05, 0.1) is 0 Å². The molecular weight excluding hydrogens is 350 g/mol. The van der Waals surface area contributed by atoms with Gasteiger partial charge in [0, 0.05) is 29.7 Å². The van der Waals surface area contributed by atoms with Gasteiger partial charge < -0.3 is 10.2 Å². The van der Waals surface area contributed by atoms with Crippen LogP contribution in [0.2, 0.25) is 0 Å². The van der Waals surface area contributed by atoms with Gasteiger partial charge in [-0.05, 0) is 56.7 Å². The summed E-state index contributed by atoms with van der Waals surface area (Å²) in [5.74, 6) is -0.513. The summed E-state index contributed by atoms with van der Waals surface area (Å²) >= 11 is 0. The van der Waals surface area contributed by atoms with E-state index < -0.39 is 0 Å². The van der Waals surface area contributed by atoms with Crippen LogP contribution in [0.15, 0.2) is 66.9 Å². The standard InChI is InChI=1S/C23H23N3O2/c1-4-26(19-8-6-5-7-9-19)23(28)18-12-13-24-21(15-18)22(27)25-20-11-10-16(2)14-17(20)3/h5-15H,4H2,1-3H3,(H,25,27).